The fraction of sp³-hybridized carbons (Fsp3) is 0.750. The van der Waals surface area contributed by atoms with Gasteiger partial charge in [0.1, 0.15) is 0 Å². The highest BCUT2D eigenvalue weighted by Crippen LogP contribution is 2.25. The van der Waals surface area contributed by atoms with E-state index in [1.807, 2.05) is 0 Å². The van der Waals surface area contributed by atoms with E-state index in [0.29, 0.717) is 31.8 Å². The Labute approximate surface area is 90.8 Å². The third kappa shape index (κ3) is 2.59. The maximum absolute atomic E-state index is 11.9. The van der Waals surface area contributed by atoms with Crippen LogP contribution >= 0.6 is 0 Å². The van der Waals surface area contributed by atoms with Crippen molar-refractivity contribution in [2.45, 2.75) is 38.2 Å². The van der Waals surface area contributed by atoms with E-state index in [0.717, 1.165) is 12.8 Å². The molecule has 2 rings (SSSR count). The van der Waals surface area contributed by atoms with Gasteiger partial charge in [-0.3, -0.25) is 4.79 Å². The lowest BCUT2D eigenvalue weighted by atomic mass is 10.0. The van der Waals surface area contributed by atoms with E-state index in [1.54, 1.807) is 11.8 Å². The summed E-state index contributed by atoms with van der Waals surface area (Å²) in [6, 6.07) is 0. The molecule has 1 saturated heterocycles. The fourth-order valence-corrected chi connectivity index (χ4v) is 2.38. The molecule has 2 aliphatic rings. The van der Waals surface area contributed by atoms with Gasteiger partial charge in [0.15, 0.2) is 0 Å². The summed E-state index contributed by atoms with van der Waals surface area (Å²) >= 11 is 0. The van der Waals surface area contributed by atoms with E-state index in [2.05, 4.69) is 12.2 Å². The average Bonchev–Trinajstić information content (AvgIpc) is 2.74. The highest BCUT2D eigenvalue weighted by Gasteiger charge is 2.34. The molecule has 0 radical (unpaired) electrons. The Bertz CT molecular complexity index is 283. The van der Waals surface area contributed by atoms with E-state index >= 15 is 0 Å². The molecule has 2 atom stereocenters. The predicted octanol–water partition coefficient (Wildman–Crippen LogP) is 1.33. The monoisotopic (exact) mass is 209 g/mol. The Balaban J connectivity index is 1.84. The second kappa shape index (κ2) is 3.97. The fourth-order valence-electron chi connectivity index (χ4n) is 2.38. The van der Waals surface area contributed by atoms with Crippen molar-refractivity contribution in [3.8, 4) is 0 Å². The zero-order chi connectivity index (χ0) is 10.9. The highest BCUT2D eigenvalue weighted by atomic mass is 16.3. The average molecular weight is 209 g/mol. The highest BCUT2D eigenvalue weighted by molar-refractivity contribution is 5.77. The molecular formula is C12H19NO2. The van der Waals surface area contributed by atoms with Gasteiger partial charge >= 0.3 is 0 Å². The summed E-state index contributed by atoms with van der Waals surface area (Å²) < 4.78 is 0. The molecule has 15 heavy (non-hydrogen) atoms. The number of likely N-dealkylation sites (tertiary alicyclic amines) is 1. The van der Waals surface area contributed by atoms with Gasteiger partial charge in [-0.15, -0.1) is 0 Å². The molecule has 1 aliphatic heterocycles. The van der Waals surface area contributed by atoms with Gasteiger partial charge in [0.25, 0.3) is 0 Å². The van der Waals surface area contributed by atoms with Crippen molar-refractivity contribution in [2.24, 2.45) is 5.92 Å². The summed E-state index contributed by atoms with van der Waals surface area (Å²) in [4.78, 5) is 13.7. The standard InChI is InChI=1S/C12H19NO2/c1-12(15)6-7-13(9-12)11(14)8-10-4-2-3-5-10/h2,4,10,15H,3,5-9H2,1H3. The van der Waals surface area contributed by atoms with Crippen LogP contribution in [-0.4, -0.2) is 34.6 Å². The number of hydrogen-bond donors (Lipinski definition) is 1. The van der Waals surface area contributed by atoms with Crippen LogP contribution in [0.1, 0.15) is 32.6 Å². The van der Waals surface area contributed by atoms with Crippen molar-refractivity contribution in [1.82, 2.24) is 4.90 Å². The Kier molecular flexibility index (Phi) is 2.83. The first-order valence-corrected chi connectivity index (χ1v) is 5.74. The smallest absolute Gasteiger partial charge is 0.223 e. The molecule has 1 heterocycles. The summed E-state index contributed by atoms with van der Waals surface area (Å²) in [6.45, 7) is 3.01. The Morgan fingerprint density at radius 1 is 1.67 bits per heavy atom. The van der Waals surface area contributed by atoms with Gasteiger partial charge in [0.05, 0.1) is 5.60 Å². The first-order valence-electron chi connectivity index (χ1n) is 5.74. The van der Waals surface area contributed by atoms with Crippen molar-refractivity contribution >= 4 is 5.91 Å². The lowest BCUT2D eigenvalue weighted by Gasteiger charge is -2.20. The van der Waals surface area contributed by atoms with Crippen LogP contribution < -0.4 is 0 Å². The van der Waals surface area contributed by atoms with Crippen molar-refractivity contribution < 1.29 is 9.90 Å². The number of rotatable bonds is 2. The molecule has 1 aliphatic carbocycles. The minimum absolute atomic E-state index is 0.198. The lowest BCUT2D eigenvalue weighted by Crippen LogP contribution is -2.34. The number of hydrogen-bond acceptors (Lipinski definition) is 2. The SMILES string of the molecule is CC1(O)CCN(C(=O)CC2C=CCC2)C1. The molecule has 2 unspecified atom stereocenters. The van der Waals surface area contributed by atoms with Crippen LogP contribution in [0.4, 0.5) is 0 Å². The zero-order valence-electron chi connectivity index (χ0n) is 9.28. The molecule has 3 heteroatoms. The third-order valence-electron chi connectivity index (χ3n) is 3.35. The van der Waals surface area contributed by atoms with Crippen LogP contribution in [0.5, 0.6) is 0 Å². The maximum Gasteiger partial charge on any atom is 0.223 e. The Hall–Kier alpha value is -0.830. The minimum atomic E-state index is -0.666. The lowest BCUT2D eigenvalue weighted by molar-refractivity contribution is -0.131. The summed E-state index contributed by atoms with van der Waals surface area (Å²) in [5.41, 5.74) is -0.666. The van der Waals surface area contributed by atoms with Gasteiger partial charge in [0, 0.05) is 19.5 Å². The van der Waals surface area contributed by atoms with Crippen LogP contribution in [0.2, 0.25) is 0 Å². The number of β-amino-alcohol motifs (C(OH)–C–C–N with tert-alkyl or cyclic N) is 1. The summed E-state index contributed by atoms with van der Waals surface area (Å²) in [5.74, 6) is 0.632. The van der Waals surface area contributed by atoms with Crippen molar-refractivity contribution in [3.63, 3.8) is 0 Å². The first kappa shape index (κ1) is 10.7. The quantitative estimate of drug-likeness (QED) is 0.697. The molecule has 84 valence electrons. The van der Waals surface area contributed by atoms with Crippen LogP contribution in [0.3, 0.4) is 0 Å². The summed E-state index contributed by atoms with van der Waals surface area (Å²) in [6.07, 6.45) is 7.83. The molecular weight excluding hydrogens is 190 g/mol. The number of nitrogens with zero attached hydrogens (tertiary/aromatic N) is 1. The summed E-state index contributed by atoms with van der Waals surface area (Å²) in [7, 11) is 0. The van der Waals surface area contributed by atoms with Crippen LogP contribution in [0.25, 0.3) is 0 Å². The molecule has 0 bridgehead atoms. The van der Waals surface area contributed by atoms with E-state index in [9.17, 15) is 9.90 Å². The molecule has 0 spiro atoms. The first-order chi connectivity index (χ1) is 7.07. The van der Waals surface area contributed by atoms with Crippen LogP contribution in [-0.2, 0) is 4.79 Å². The molecule has 0 aromatic carbocycles. The molecule has 1 N–H and O–H groups in total. The minimum Gasteiger partial charge on any atom is -0.388 e. The Morgan fingerprint density at radius 3 is 3.00 bits per heavy atom. The zero-order valence-corrected chi connectivity index (χ0v) is 9.28. The van der Waals surface area contributed by atoms with Crippen LogP contribution in [0, 0.1) is 5.92 Å². The second-order valence-electron chi connectivity index (χ2n) is 5.03. The largest absolute Gasteiger partial charge is 0.388 e. The second-order valence-corrected chi connectivity index (χ2v) is 5.03. The molecule has 3 nitrogen and oxygen atoms in total. The van der Waals surface area contributed by atoms with Gasteiger partial charge in [-0.1, -0.05) is 12.2 Å². The van der Waals surface area contributed by atoms with Gasteiger partial charge in [-0.05, 0) is 32.1 Å². The van der Waals surface area contributed by atoms with Gasteiger partial charge < -0.3 is 10.0 Å². The number of aliphatic hydroxyl groups is 1. The summed E-state index contributed by atoms with van der Waals surface area (Å²) in [5, 5.41) is 9.77. The molecule has 1 amide bonds. The van der Waals surface area contributed by atoms with Crippen molar-refractivity contribution in [1.29, 1.82) is 0 Å². The van der Waals surface area contributed by atoms with Crippen molar-refractivity contribution in [2.75, 3.05) is 13.1 Å². The number of amides is 1. The number of carbonyl (C=O) groups is 1. The van der Waals surface area contributed by atoms with Gasteiger partial charge in [-0.25, -0.2) is 0 Å². The van der Waals surface area contributed by atoms with Gasteiger partial charge in [0.2, 0.25) is 5.91 Å². The van der Waals surface area contributed by atoms with E-state index in [4.69, 9.17) is 0 Å². The van der Waals surface area contributed by atoms with Gasteiger partial charge in [-0.2, -0.15) is 0 Å². The predicted molar refractivity (Wildman–Crippen MR) is 58.3 cm³/mol. The molecule has 1 fully saturated rings. The topological polar surface area (TPSA) is 40.5 Å². The Morgan fingerprint density at radius 2 is 2.47 bits per heavy atom. The van der Waals surface area contributed by atoms with E-state index < -0.39 is 5.60 Å². The number of carbonyl (C=O) groups excluding carboxylic acids is 1. The van der Waals surface area contributed by atoms with E-state index in [1.165, 1.54) is 0 Å². The molecule has 0 aromatic rings. The maximum atomic E-state index is 11.9. The van der Waals surface area contributed by atoms with Crippen molar-refractivity contribution in [3.05, 3.63) is 12.2 Å². The normalized spacial score (nSPS) is 35.1. The van der Waals surface area contributed by atoms with Crippen LogP contribution in [0.15, 0.2) is 12.2 Å². The molecule has 0 saturated carbocycles. The number of allylic oxidation sites excluding steroid dienone is 2. The molecule has 0 aromatic heterocycles. The van der Waals surface area contributed by atoms with E-state index in [-0.39, 0.29) is 5.91 Å². The third-order valence-corrected chi connectivity index (χ3v) is 3.35.